The Morgan fingerprint density at radius 3 is 2.24 bits per heavy atom. The molecule has 1 rings (SSSR count). The normalized spacial score (nSPS) is 15.8. The second-order valence-corrected chi connectivity index (χ2v) is 4.47. The third-order valence-electron chi connectivity index (χ3n) is 2.97. The van der Waals surface area contributed by atoms with Crippen molar-refractivity contribution in [3.05, 3.63) is 23.0 Å². The second-order valence-electron chi connectivity index (χ2n) is 4.47. The number of carbonyl (C=O) groups excluding carboxylic acids is 3. The molecule has 0 fully saturated rings. The van der Waals surface area contributed by atoms with Gasteiger partial charge in [-0.25, -0.2) is 0 Å². The van der Waals surface area contributed by atoms with Crippen LogP contribution in [0.5, 0.6) is 0 Å². The van der Waals surface area contributed by atoms with Gasteiger partial charge in [0, 0.05) is 12.0 Å². The summed E-state index contributed by atoms with van der Waals surface area (Å²) in [7, 11) is 0. The first-order valence-electron chi connectivity index (χ1n) is 5.94. The second kappa shape index (κ2) is 7.79. The van der Waals surface area contributed by atoms with Crippen LogP contribution < -0.4 is 0 Å². The smallest absolute Gasteiger partial charge is 0.238 e. The van der Waals surface area contributed by atoms with E-state index in [4.69, 9.17) is 25.1 Å². The molecule has 3 N–H and O–H groups in total. The monoisotopic (exact) mass is 298 g/mol. The summed E-state index contributed by atoms with van der Waals surface area (Å²) in [4.78, 5) is 42.5. The maximum atomic E-state index is 11.6. The quantitative estimate of drug-likeness (QED) is 0.338. The summed E-state index contributed by atoms with van der Waals surface area (Å²) in [6, 6.07) is 0. The highest BCUT2D eigenvalue weighted by molar-refractivity contribution is 6.08. The van der Waals surface area contributed by atoms with Gasteiger partial charge in [-0.1, -0.05) is 6.08 Å². The van der Waals surface area contributed by atoms with Crippen molar-refractivity contribution >= 4 is 18.4 Å². The fraction of sp³-hybridized carbons (Fsp3) is 0.462. The number of hydrogen-bond acceptors (Lipinski definition) is 8. The largest absolute Gasteiger partial charge is 0.396 e. The molecule has 0 aromatic heterocycles. The molecule has 1 aliphatic carbocycles. The molecule has 0 atom stereocenters. The van der Waals surface area contributed by atoms with Crippen LogP contribution in [0.25, 0.3) is 0 Å². The molecule has 21 heavy (non-hydrogen) atoms. The minimum Gasteiger partial charge on any atom is -0.396 e. The van der Waals surface area contributed by atoms with E-state index in [0.717, 1.165) is 0 Å². The molecule has 0 amide bonds. The molecule has 8 nitrogen and oxygen atoms in total. The molecule has 0 bridgehead atoms. The summed E-state index contributed by atoms with van der Waals surface area (Å²) in [5.74, 6) is -1.11. The van der Waals surface area contributed by atoms with Gasteiger partial charge in [0.2, 0.25) is 24.1 Å². The number of carbonyl (C=O) groups is 1. The molecule has 0 unspecified atom stereocenters. The summed E-state index contributed by atoms with van der Waals surface area (Å²) < 4.78 is 0. The molecule has 1 aliphatic rings. The van der Waals surface area contributed by atoms with Crippen molar-refractivity contribution in [2.45, 2.75) is 6.42 Å². The van der Waals surface area contributed by atoms with E-state index in [-0.39, 0.29) is 12.0 Å². The van der Waals surface area contributed by atoms with Gasteiger partial charge in [0.1, 0.15) is 6.61 Å². The molecule has 0 spiro atoms. The van der Waals surface area contributed by atoms with Crippen molar-refractivity contribution in [1.29, 1.82) is 0 Å². The van der Waals surface area contributed by atoms with Crippen LogP contribution in [0.15, 0.2) is 23.0 Å². The van der Waals surface area contributed by atoms with Crippen LogP contribution in [0.2, 0.25) is 0 Å². The minimum atomic E-state index is -1.36. The lowest BCUT2D eigenvalue weighted by Gasteiger charge is -2.26. The van der Waals surface area contributed by atoms with Crippen LogP contribution in [0, 0.1) is 5.41 Å². The number of ketones is 1. The SMILES string of the molecule is O=[C]C1=CCC(=O)C(OOCC(CO)(CO)CO)=C1[C]=O. The van der Waals surface area contributed by atoms with Crippen LogP contribution in [-0.2, 0) is 24.2 Å². The molecular formula is C13H14O8. The Kier molecular flexibility index (Phi) is 6.38. The molecule has 0 aliphatic heterocycles. The fourth-order valence-corrected chi connectivity index (χ4v) is 1.43. The average Bonchev–Trinajstić information content (AvgIpc) is 2.53. The Morgan fingerprint density at radius 2 is 1.76 bits per heavy atom. The maximum absolute atomic E-state index is 11.6. The predicted molar refractivity (Wildman–Crippen MR) is 66.8 cm³/mol. The van der Waals surface area contributed by atoms with Gasteiger partial charge < -0.3 is 20.2 Å². The zero-order chi connectivity index (χ0) is 15.9. The van der Waals surface area contributed by atoms with Crippen molar-refractivity contribution < 1.29 is 39.5 Å². The molecule has 0 heterocycles. The zero-order valence-corrected chi connectivity index (χ0v) is 11.0. The Balaban J connectivity index is 2.82. The van der Waals surface area contributed by atoms with Gasteiger partial charge in [-0.15, -0.1) is 0 Å². The molecule has 0 aromatic carbocycles. The summed E-state index contributed by atoms with van der Waals surface area (Å²) in [5.41, 5.74) is -1.94. The number of rotatable bonds is 9. The number of allylic oxidation sites excluding steroid dienone is 4. The van der Waals surface area contributed by atoms with Crippen LogP contribution in [0.3, 0.4) is 0 Å². The topological polar surface area (TPSA) is 130 Å². The van der Waals surface area contributed by atoms with Gasteiger partial charge >= 0.3 is 0 Å². The average molecular weight is 298 g/mol. The fourth-order valence-electron chi connectivity index (χ4n) is 1.43. The first-order valence-corrected chi connectivity index (χ1v) is 5.94. The first kappa shape index (κ1) is 17.2. The van der Waals surface area contributed by atoms with Gasteiger partial charge in [-0.2, -0.15) is 4.89 Å². The van der Waals surface area contributed by atoms with E-state index in [0.29, 0.717) is 0 Å². The van der Waals surface area contributed by atoms with Crippen LogP contribution >= 0.6 is 0 Å². The summed E-state index contributed by atoms with van der Waals surface area (Å²) >= 11 is 0. The number of Topliss-reactive ketones (excluding diaryl/α,β-unsaturated/α-hetero) is 1. The number of hydrogen-bond donors (Lipinski definition) is 3. The van der Waals surface area contributed by atoms with Gasteiger partial charge in [-0.05, 0) is 0 Å². The standard InChI is InChI=1S/C13H14O8/c14-3-9-1-2-11(19)12(10(9)4-15)21-20-8-13(5-16,6-17)7-18/h1,16-18H,2,5-8H2. The summed E-state index contributed by atoms with van der Waals surface area (Å²) in [6.45, 7) is -2.20. The van der Waals surface area contributed by atoms with Gasteiger partial charge in [-0.3, -0.25) is 14.4 Å². The molecule has 2 radical (unpaired) electrons. The Morgan fingerprint density at radius 1 is 1.14 bits per heavy atom. The van der Waals surface area contributed by atoms with Crippen molar-refractivity contribution in [3.8, 4) is 0 Å². The zero-order valence-electron chi connectivity index (χ0n) is 11.0. The van der Waals surface area contributed by atoms with Gasteiger partial charge in [0.05, 0.1) is 30.8 Å². The van der Waals surface area contributed by atoms with E-state index in [1.54, 1.807) is 0 Å². The third kappa shape index (κ3) is 3.82. The highest BCUT2D eigenvalue weighted by atomic mass is 17.2. The van der Waals surface area contributed by atoms with E-state index in [2.05, 4.69) is 0 Å². The van der Waals surface area contributed by atoms with Crippen LogP contribution in [0.4, 0.5) is 0 Å². The van der Waals surface area contributed by atoms with E-state index in [1.807, 2.05) is 0 Å². The lowest BCUT2D eigenvalue weighted by Crippen LogP contribution is -2.38. The maximum Gasteiger partial charge on any atom is 0.238 e. The van der Waals surface area contributed by atoms with Crippen LogP contribution in [0.1, 0.15) is 6.42 Å². The molecule has 0 aromatic rings. The molecule has 8 heteroatoms. The Bertz CT molecular complexity index is 464. The third-order valence-corrected chi connectivity index (χ3v) is 2.97. The van der Waals surface area contributed by atoms with E-state index < -0.39 is 49.0 Å². The molecule has 0 saturated carbocycles. The van der Waals surface area contributed by atoms with Crippen molar-refractivity contribution in [2.24, 2.45) is 5.41 Å². The molecule has 114 valence electrons. The summed E-state index contributed by atoms with van der Waals surface area (Å²) in [6.07, 6.45) is 3.92. The highest BCUT2D eigenvalue weighted by Crippen LogP contribution is 2.23. The van der Waals surface area contributed by atoms with E-state index in [1.165, 1.54) is 18.6 Å². The highest BCUT2D eigenvalue weighted by Gasteiger charge is 2.31. The number of aliphatic hydroxyl groups is 3. The Labute approximate surface area is 120 Å². The lowest BCUT2D eigenvalue weighted by atomic mass is 9.93. The van der Waals surface area contributed by atoms with Crippen molar-refractivity contribution in [3.63, 3.8) is 0 Å². The first-order chi connectivity index (χ1) is 10.1. The van der Waals surface area contributed by atoms with Gasteiger partial charge in [0.25, 0.3) is 0 Å². The molecule has 0 saturated heterocycles. The van der Waals surface area contributed by atoms with Crippen molar-refractivity contribution in [2.75, 3.05) is 26.4 Å². The van der Waals surface area contributed by atoms with Crippen molar-refractivity contribution in [1.82, 2.24) is 0 Å². The van der Waals surface area contributed by atoms with Crippen LogP contribution in [-0.4, -0.2) is 60.1 Å². The predicted octanol–water partition coefficient (Wildman–Crippen LogP) is -1.73. The summed E-state index contributed by atoms with van der Waals surface area (Å²) in [5, 5.41) is 27.3. The molecular weight excluding hydrogens is 284 g/mol. The van der Waals surface area contributed by atoms with Gasteiger partial charge in [0.15, 0.2) is 0 Å². The minimum absolute atomic E-state index is 0.166. The van der Waals surface area contributed by atoms with E-state index in [9.17, 15) is 14.4 Å². The number of aliphatic hydroxyl groups excluding tert-OH is 3. The lowest BCUT2D eigenvalue weighted by molar-refractivity contribution is -0.286. The Hall–Kier alpha value is -1.87. The van der Waals surface area contributed by atoms with E-state index >= 15 is 0 Å².